The molecule has 1 aromatic carbocycles. The number of carbonyl (C=O) groups excluding carboxylic acids is 1. The molecule has 0 spiro atoms. The van der Waals surface area contributed by atoms with E-state index in [1.54, 1.807) is 29.7 Å². The fourth-order valence-electron chi connectivity index (χ4n) is 1.83. The van der Waals surface area contributed by atoms with E-state index in [2.05, 4.69) is 5.32 Å². The minimum Gasteiger partial charge on any atom is -0.408 e. The average Bonchev–Trinajstić information content (AvgIpc) is 2.66. The molecule has 1 aromatic heterocycles. The summed E-state index contributed by atoms with van der Waals surface area (Å²) in [5.41, 5.74) is 1.91. The summed E-state index contributed by atoms with van der Waals surface area (Å²) in [4.78, 5) is 22.9. The van der Waals surface area contributed by atoms with E-state index in [9.17, 15) is 9.59 Å². The smallest absolute Gasteiger partial charge is 0.408 e. The van der Waals surface area contributed by atoms with Crippen LogP contribution in [0.1, 0.15) is 26.7 Å². The molecule has 0 fully saturated rings. The largest absolute Gasteiger partial charge is 0.419 e. The lowest BCUT2D eigenvalue weighted by Gasteiger charge is -2.03. The number of fused-ring (bicyclic) bond motifs is 1. The van der Waals surface area contributed by atoms with Crippen LogP contribution < -0.4 is 11.1 Å². The highest BCUT2D eigenvalue weighted by atomic mass is 16.4. The number of anilines is 1. The lowest BCUT2D eigenvalue weighted by atomic mass is 10.2. The van der Waals surface area contributed by atoms with Crippen molar-refractivity contribution in [2.45, 2.75) is 33.2 Å². The monoisotopic (exact) mass is 248 g/mol. The van der Waals surface area contributed by atoms with Crippen molar-refractivity contribution in [1.29, 1.82) is 0 Å². The summed E-state index contributed by atoms with van der Waals surface area (Å²) >= 11 is 0. The van der Waals surface area contributed by atoms with Gasteiger partial charge in [0.2, 0.25) is 5.91 Å². The first-order chi connectivity index (χ1) is 8.65. The topological polar surface area (TPSA) is 64.2 Å². The van der Waals surface area contributed by atoms with E-state index in [0.29, 0.717) is 24.2 Å². The van der Waals surface area contributed by atoms with Gasteiger partial charge in [-0.15, -0.1) is 0 Å². The van der Waals surface area contributed by atoms with E-state index < -0.39 is 0 Å². The maximum Gasteiger partial charge on any atom is 0.419 e. The third-order valence-corrected chi connectivity index (χ3v) is 2.72. The number of nitrogens with zero attached hydrogens (tertiary/aromatic N) is 1. The van der Waals surface area contributed by atoms with Crippen LogP contribution in [0.25, 0.3) is 11.1 Å². The maximum atomic E-state index is 11.6. The van der Waals surface area contributed by atoms with Crippen molar-refractivity contribution in [3.8, 4) is 0 Å². The number of rotatable bonds is 4. The Hall–Kier alpha value is -2.04. The third kappa shape index (κ3) is 2.30. The highest BCUT2D eigenvalue weighted by Gasteiger charge is 2.09. The highest BCUT2D eigenvalue weighted by molar-refractivity contribution is 5.92. The Bertz CT molecular complexity index is 625. The lowest BCUT2D eigenvalue weighted by Crippen LogP contribution is -2.13. The molecule has 2 rings (SSSR count). The van der Waals surface area contributed by atoms with Gasteiger partial charge in [-0.2, -0.15) is 0 Å². The number of hydrogen-bond donors (Lipinski definition) is 1. The zero-order valence-corrected chi connectivity index (χ0v) is 10.5. The Labute approximate surface area is 104 Å². The number of aryl methyl sites for hydroxylation is 1. The number of oxazole rings is 1. The summed E-state index contributed by atoms with van der Waals surface area (Å²) in [7, 11) is 0. The van der Waals surface area contributed by atoms with Crippen LogP contribution in [0.4, 0.5) is 5.69 Å². The van der Waals surface area contributed by atoms with E-state index in [1.165, 1.54) is 0 Å². The summed E-state index contributed by atoms with van der Waals surface area (Å²) in [6, 6.07) is 5.24. The Morgan fingerprint density at radius 1 is 1.39 bits per heavy atom. The third-order valence-electron chi connectivity index (χ3n) is 2.72. The minimum absolute atomic E-state index is 0.0651. The van der Waals surface area contributed by atoms with Gasteiger partial charge >= 0.3 is 5.76 Å². The number of carbonyl (C=O) groups is 1. The zero-order chi connectivity index (χ0) is 13.1. The Morgan fingerprint density at radius 3 is 2.83 bits per heavy atom. The van der Waals surface area contributed by atoms with E-state index in [0.717, 1.165) is 11.9 Å². The molecule has 0 saturated heterocycles. The summed E-state index contributed by atoms with van der Waals surface area (Å²) < 4.78 is 6.76. The molecule has 0 saturated carbocycles. The molecule has 0 aliphatic heterocycles. The van der Waals surface area contributed by atoms with Crippen molar-refractivity contribution in [3.63, 3.8) is 0 Å². The molecule has 1 N–H and O–H groups in total. The molecule has 2 aromatic rings. The number of nitrogens with one attached hydrogen (secondary N) is 1. The van der Waals surface area contributed by atoms with Crippen LogP contribution in [0.3, 0.4) is 0 Å². The number of aromatic nitrogens is 1. The summed E-state index contributed by atoms with van der Waals surface area (Å²) in [6.45, 7) is 4.42. The number of hydrogen-bond acceptors (Lipinski definition) is 3. The van der Waals surface area contributed by atoms with Gasteiger partial charge in [-0.05, 0) is 18.6 Å². The fourth-order valence-corrected chi connectivity index (χ4v) is 1.83. The molecule has 18 heavy (non-hydrogen) atoms. The van der Waals surface area contributed by atoms with E-state index in [4.69, 9.17) is 4.42 Å². The van der Waals surface area contributed by atoms with Gasteiger partial charge in [-0.3, -0.25) is 9.36 Å². The second kappa shape index (κ2) is 5.08. The molecule has 96 valence electrons. The van der Waals surface area contributed by atoms with Gasteiger partial charge in [0.05, 0.1) is 5.52 Å². The molecule has 0 aliphatic carbocycles. The van der Waals surface area contributed by atoms with Crippen LogP contribution >= 0.6 is 0 Å². The number of amides is 1. The molecule has 0 radical (unpaired) electrons. The van der Waals surface area contributed by atoms with Crippen molar-refractivity contribution in [1.82, 2.24) is 4.57 Å². The standard InChI is InChI=1S/C13H16N2O3/c1-3-7-15-10-6-5-9(14-12(16)4-2)8-11(10)18-13(15)17/h5-6,8H,3-4,7H2,1-2H3,(H,14,16). The molecule has 0 unspecified atom stereocenters. The van der Waals surface area contributed by atoms with Gasteiger partial charge in [-0.25, -0.2) is 4.79 Å². The van der Waals surface area contributed by atoms with Gasteiger partial charge < -0.3 is 9.73 Å². The van der Waals surface area contributed by atoms with Crippen molar-refractivity contribution in [2.75, 3.05) is 5.32 Å². The van der Waals surface area contributed by atoms with E-state index >= 15 is 0 Å². The Morgan fingerprint density at radius 2 is 2.17 bits per heavy atom. The summed E-state index contributed by atoms with van der Waals surface area (Å²) in [6.07, 6.45) is 1.28. The minimum atomic E-state index is -0.356. The number of benzene rings is 1. The van der Waals surface area contributed by atoms with Crippen LogP contribution in [0, 0.1) is 0 Å². The first-order valence-corrected chi connectivity index (χ1v) is 6.09. The molecule has 1 heterocycles. The molecule has 0 bridgehead atoms. The van der Waals surface area contributed by atoms with Crippen LogP contribution in [0.5, 0.6) is 0 Å². The first kappa shape index (κ1) is 12.4. The second-order valence-corrected chi connectivity index (χ2v) is 4.10. The van der Waals surface area contributed by atoms with Crippen LogP contribution in [-0.4, -0.2) is 10.5 Å². The van der Waals surface area contributed by atoms with E-state index in [-0.39, 0.29) is 11.7 Å². The van der Waals surface area contributed by atoms with Crippen LogP contribution in [0.2, 0.25) is 0 Å². The maximum absolute atomic E-state index is 11.6. The van der Waals surface area contributed by atoms with Gasteiger partial charge in [0.1, 0.15) is 0 Å². The molecule has 0 aliphatic rings. The Kier molecular flexibility index (Phi) is 3.50. The van der Waals surface area contributed by atoms with E-state index in [1.807, 2.05) is 6.92 Å². The summed E-state index contributed by atoms with van der Waals surface area (Å²) in [5.74, 6) is -0.421. The van der Waals surface area contributed by atoms with Gasteiger partial charge in [0.15, 0.2) is 5.58 Å². The van der Waals surface area contributed by atoms with Crippen molar-refractivity contribution >= 4 is 22.7 Å². The van der Waals surface area contributed by atoms with Crippen molar-refractivity contribution in [2.24, 2.45) is 0 Å². The molecule has 0 atom stereocenters. The predicted octanol–water partition coefficient (Wildman–Crippen LogP) is 2.35. The normalized spacial score (nSPS) is 10.8. The molecular weight excluding hydrogens is 232 g/mol. The first-order valence-electron chi connectivity index (χ1n) is 6.09. The second-order valence-electron chi connectivity index (χ2n) is 4.10. The molecule has 5 nitrogen and oxygen atoms in total. The Balaban J connectivity index is 2.41. The van der Waals surface area contributed by atoms with Crippen LogP contribution in [0.15, 0.2) is 27.4 Å². The lowest BCUT2D eigenvalue weighted by molar-refractivity contribution is -0.115. The highest BCUT2D eigenvalue weighted by Crippen LogP contribution is 2.18. The molecule has 5 heteroatoms. The van der Waals surface area contributed by atoms with Gasteiger partial charge in [0, 0.05) is 24.7 Å². The predicted molar refractivity (Wildman–Crippen MR) is 69.7 cm³/mol. The summed E-state index contributed by atoms with van der Waals surface area (Å²) in [5, 5.41) is 2.73. The zero-order valence-electron chi connectivity index (χ0n) is 10.5. The van der Waals surface area contributed by atoms with Crippen molar-refractivity contribution in [3.05, 3.63) is 28.7 Å². The van der Waals surface area contributed by atoms with Gasteiger partial charge in [-0.1, -0.05) is 13.8 Å². The fraction of sp³-hybridized carbons (Fsp3) is 0.385. The van der Waals surface area contributed by atoms with Crippen molar-refractivity contribution < 1.29 is 9.21 Å². The molecular formula is C13H16N2O3. The SMILES string of the molecule is CCCn1c(=O)oc2cc(NC(=O)CC)ccc21. The average molecular weight is 248 g/mol. The molecule has 1 amide bonds. The van der Waals surface area contributed by atoms with Crippen LogP contribution in [-0.2, 0) is 11.3 Å². The quantitative estimate of drug-likeness (QED) is 0.903. The van der Waals surface area contributed by atoms with Gasteiger partial charge in [0.25, 0.3) is 0 Å².